The molecule has 2 aliphatic heterocycles. The van der Waals surface area contributed by atoms with Crippen molar-refractivity contribution in [3.05, 3.63) is 89.0 Å². The molecule has 0 aliphatic carbocycles. The molecule has 0 bridgehead atoms. The Hall–Kier alpha value is -4.17. The molecule has 3 heterocycles. The Morgan fingerprint density at radius 3 is 2.46 bits per heavy atom. The minimum atomic E-state index is -0.847. The zero-order chi connectivity index (χ0) is 25.9. The normalized spacial score (nSPS) is 18.7. The number of rotatable bonds is 3. The predicted octanol–water partition coefficient (Wildman–Crippen LogP) is 5.95. The molecule has 1 unspecified atom stereocenters. The third kappa shape index (κ3) is 3.84. The fourth-order valence-electron chi connectivity index (χ4n) is 4.67. The van der Waals surface area contributed by atoms with Crippen LogP contribution in [0, 0.1) is 0 Å². The number of carbonyl (C=O) groups excluding carboxylic acids is 2. The average Bonchev–Trinajstić information content (AvgIpc) is 3.59. The number of ether oxygens (including phenoxy) is 2. The second-order valence-corrected chi connectivity index (χ2v) is 11.1. The predicted molar refractivity (Wildman–Crippen MR) is 142 cm³/mol. The fraction of sp³-hybridized carbons (Fsp3) is 0.207. The highest BCUT2D eigenvalue weighted by Gasteiger charge is 2.48. The van der Waals surface area contributed by atoms with E-state index in [4.69, 9.17) is 9.47 Å². The van der Waals surface area contributed by atoms with Crippen LogP contribution >= 0.6 is 11.3 Å². The number of fused-ring (bicyclic) bond motifs is 2. The molecule has 4 aromatic rings. The second-order valence-electron chi connectivity index (χ2n) is 10.1. The van der Waals surface area contributed by atoms with E-state index in [1.54, 1.807) is 18.2 Å². The molecule has 0 saturated carbocycles. The summed E-state index contributed by atoms with van der Waals surface area (Å²) in [6.45, 7) is 6.44. The van der Waals surface area contributed by atoms with Gasteiger partial charge in [0.05, 0.1) is 21.8 Å². The van der Waals surface area contributed by atoms with Crippen molar-refractivity contribution in [3.63, 3.8) is 0 Å². The van der Waals surface area contributed by atoms with Gasteiger partial charge in [0.1, 0.15) is 5.76 Å². The molecule has 1 fully saturated rings. The van der Waals surface area contributed by atoms with E-state index in [0.717, 1.165) is 15.8 Å². The van der Waals surface area contributed by atoms with Gasteiger partial charge in [0, 0.05) is 5.56 Å². The number of Topliss-reactive ketones (excluding diaryl/α,β-unsaturated/α-hetero) is 1. The zero-order valence-corrected chi connectivity index (χ0v) is 21.3. The largest absolute Gasteiger partial charge is 0.507 e. The van der Waals surface area contributed by atoms with Crippen molar-refractivity contribution < 1.29 is 24.2 Å². The number of carbonyl (C=O) groups is 2. The summed E-state index contributed by atoms with van der Waals surface area (Å²) >= 11 is 1.33. The first kappa shape index (κ1) is 23.2. The number of ketones is 1. The maximum absolute atomic E-state index is 13.5. The molecule has 186 valence electrons. The first-order valence-corrected chi connectivity index (χ1v) is 12.7. The number of aliphatic hydroxyl groups is 1. The van der Waals surface area contributed by atoms with Crippen LogP contribution in [0.1, 0.15) is 43.5 Å². The van der Waals surface area contributed by atoms with Gasteiger partial charge in [0.15, 0.2) is 16.6 Å². The topological polar surface area (TPSA) is 89.0 Å². The molecule has 7 nitrogen and oxygen atoms in total. The molecule has 1 saturated heterocycles. The van der Waals surface area contributed by atoms with Gasteiger partial charge in [-0.25, -0.2) is 4.98 Å². The lowest BCUT2D eigenvalue weighted by Crippen LogP contribution is -2.29. The number of aliphatic hydroxyl groups excluding tert-OH is 1. The van der Waals surface area contributed by atoms with Gasteiger partial charge < -0.3 is 14.6 Å². The SMILES string of the molecule is CC(C)(C)c1ccc(C2/C(=C(\O)c3ccc4c(c3)OCO4)C(=O)C(=O)N2c2nc3ccccc3s2)cc1. The summed E-state index contributed by atoms with van der Waals surface area (Å²) in [7, 11) is 0. The van der Waals surface area contributed by atoms with E-state index in [9.17, 15) is 14.7 Å². The van der Waals surface area contributed by atoms with E-state index in [0.29, 0.717) is 27.8 Å². The Morgan fingerprint density at radius 1 is 1.00 bits per heavy atom. The zero-order valence-electron chi connectivity index (χ0n) is 20.5. The second kappa shape index (κ2) is 8.45. The van der Waals surface area contributed by atoms with Gasteiger partial charge in [-0.15, -0.1) is 0 Å². The van der Waals surface area contributed by atoms with Gasteiger partial charge in [0.25, 0.3) is 5.78 Å². The van der Waals surface area contributed by atoms with Crippen LogP contribution in [0.5, 0.6) is 11.5 Å². The van der Waals surface area contributed by atoms with Crippen molar-refractivity contribution in [3.8, 4) is 11.5 Å². The third-order valence-electron chi connectivity index (χ3n) is 6.67. The van der Waals surface area contributed by atoms with Gasteiger partial charge in [0.2, 0.25) is 6.79 Å². The standard InChI is InChI=1S/C29H24N2O5S/c1-29(2,3)18-11-8-16(9-12-18)24-23(25(32)17-10-13-20-21(14-17)36-15-35-20)26(33)27(34)31(24)28-30-19-6-4-5-7-22(19)37-28/h4-14,24,32H,15H2,1-3H3/b25-23+. The van der Waals surface area contributed by atoms with Crippen LogP contribution in [0.2, 0.25) is 0 Å². The van der Waals surface area contributed by atoms with E-state index in [1.807, 2.05) is 48.5 Å². The number of nitrogens with zero attached hydrogens (tertiary/aromatic N) is 2. The highest BCUT2D eigenvalue weighted by atomic mass is 32.1. The maximum Gasteiger partial charge on any atom is 0.301 e. The Kier molecular flexibility index (Phi) is 5.31. The third-order valence-corrected chi connectivity index (χ3v) is 7.71. The monoisotopic (exact) mass is 512 g/mol. The molecule has 2 aliphatic rings. The molecule has 0 radical (unpaired) electrons. The molecule has 3 aromatic carbocycles. The van der Waals surface area contributed by atoms with Gasteiger partial charge >= 0.3 is 5.91 Å². The molecule has 1 amide bonds. The number of hydrogen-bond acceptors (Lipinski definition) is 7. The first-order chi connectivity index (χ1) is 17.7. The lowest BCUT2D eigenvalue weighted by molar-refractivity contribution is -0.132. The lowest BCUT2D eigenvalue weighted by atomic mass is 9.85. The number of benzene rings is 3. The van der Waals surface area contributed by atoms with Crippen molar-refractivity contribution in [2.45, 2.75) is 32.2 Å². The average molecular weight is 513 g/mol. The fourth-order valence-corrected chi connectivity index (χ4v) is 5.67. The number of aromatic nitrogens is 1. The van der Waals surface area contributed by atoms with E-state index in [-0.39, 0.29) is 23.5 Å². The van der Waals surface area contributed by atoms with Crippen molar-refractivity contribution in [1.82, 2.24) is 4.98 Å². The molecule has 0 spiro atoms. The molecule has 37 heavy (non-hydrogen) atoms. The van der Waals surface area contributed by atoms with Gasteiger partial charge in [-0.1, -0.05) is 68.5 Å². The number of para-hydroxylation sites is 1. The van der Waals surface area contributed by atoms with Gasteiger partial charge in [-0.3, -0.25) is 14.5 Å². The number of hydrogen-bond donors (Lipinski definition) is 1. The summed E-state index contributed by atoms with van der Waals surface area (Å²) in [5.74, 6) is -0.743. The Balaban J connectivity index is 1.54. The summed E-state index contributed by atoms with van der Waals surface area (Å²) in [5.41, 5.74) is 2.86. The maximum atomic E-state index is 13.5. The van der Waals surface area contributed by atoms with Crippen LogP contribution in [-0.4, -0.2) is 28.6 Å². The summed E-state index contributed by atoms with van der Waals surface area (Å²) in [5, 5.41) is 11.8. The van der Waals surface area contributed by atoms with E-state index < -0.39 is 17.7 Å². The Morgan fingerprint density at radius 2 is 1.73 bits per heavy atom. The van der Waals surface area contributed by atoms with Crippen LogP contribution in [0.3, 0.4) is 0 Å². The molecule has 6 rings (SSSR count). The molecule has 8 heteroatoms. The molecule has 1 aromatic heterocycles. The number of amides is 1. The van der Waals surface area contributed by atoms with Crippen molar-refractivity contribution in [1.29, 1.82) is 0 Å². The van der Waals surface area contributed by atoms with E-state index >= 15 is 0 Å². The van der Waals surface area contributed by atoms with Crippen LogP contribution in [0.15, 0.2) is 72.3 Å². The molecule has 1 N–H and O–H groups in total. The van der Waals surface area contributed by atoms with Crippen LogP contribution < -0.4 is 14.4 Å². The van der Waals surface area contributed by atoms with Crippen LogP contribution in [0.4, 0.5) is 5.13 Å². The van der Waals surface area contributed by atoms with Crippen molar-refractivity contribution in [2.75, 3.05) is 11.7 Å². The lowest BCUT2D eigenvalue weighted by Gasteiger charge is -2.24. The minimum absolute atomic E-state index is 0.00614. The number of anilines is 1. The number of thiazole rings is 1. The highest BCUT2D eigenvalue weighted by molar-refractivity contribution is 7.22. The van der Waals surface area contributed by atoms with Crippen LogP contribution in [-0.2, 0) is 15.0 Å². The summed E-state index contributed by atoms with van der Waals surface area (Å²) in [6.07, 6.45) is 0. The Labute approximate surface area is 217 Å². The van der Waals surface area contributed by atoms with Crippen molar-refractivity contribution in [2.24, 2.45) is 0 Å². The van der Waals surface area contributed by atoms with Crippen molar-refractivity contribution >= 4 is 44.1 Å². The van der Waals surface area contributed by atoms with E-state index in [2.05, 4.69) is 25.8 Å². The van der Waals surface area contributed by atoms with Gasteiger partial charge in [-0.05, 0) is 46.9 Å². The minimum Gasteiger partial charge on any atom is -0.507 e. The first-order valence-electron chi connectivity index (χ1n) is 11.9. The van der Waals surface area contributed by atoms with Gasteiger partial charge in [-0.2, -0.15) is 0 Å². The molecular formula is C29H24N2O5S. The molecule has 1 atom stereocenters. The van der Waals surface area contributed by atoms with Crippen LogP contribution in [0.25, 0.3) is 16.0 Å². The quantitative estimate of drug-likeness (QED) is 0.207. The highest BCUT2D eigenvalue weighted by Crippen LogP contribution is 2.45. The summed E-state index contributed by atoms with van der Waals surface area (Å²) < 4.78 is 11.7. The summed E-state index contributed by atoms with van der Waals surface area (Å²) in [4.78, 5) is 33.0. The molecular weight excluding hydrogens is 488 g/mol. The smallest absolute Gasteiger partial charge is 0.301 e. The summed E-state index contributed by atoms with van der Waals surface area (Å²) in [6, 6.07) is 19.5. The Bertz CT molecular complexity index is 1560. The van der Waals surface area contributed by atoms with E-state index in [1.165, 1.54) is 16.2 Å².